The maximum atomic E-state index is 13.0. The molecule has 3 amide bonds. The molecule has 1 unspecified atom stereocenters. The molecule has 152 valence electrons. The molecule has 1 atom stereocenters. The minimum Gasteiger partial charge on any atom is -0.466 e. The van der Waals surface area contributed by atoms with E-state index in [0.717, 1.165) is 14.9 Å². The first-order valence-corrected chi connectivity index (χ1v) is 10.0. The Balaban J connectivity index is 2.07. The SMILES string of the molecule is CCOC(=O)CCC1(C(C)C)NC(=O)N(CC(=O)Cc2ccc(Br)cc2)C1=O. The highest BCUT2D eigenvalue weighted by Gasteiger charge is 2.53. The number of imide groups is 1. The van der Waals surface area contributed by atoms with Gasteiger partial charge < -0.3 is 10.1 Å². The second-order valence-electron chi connectivity index (χ2n) is 7.09. The molecule has 1 heterocycles. The molecule has 1 aromatic carbocycles. The van der Waals surface area contributed by atoms with Crippen molar-refractivity contribution in [2.75, 3.05) is 13.2 Å². The fourth-order valence-electron chi connectivity index (χ4n) is 3.23. The quantitative estimate of drug-likeness (QED) is 0.459. The fourth-order valence-corrected chi connectivity index (χ4v) is 3.50. The average molecular weight is 453 g/mol. The molecule has 0 radical (unpaired) electrons. The third-order valence-corrected chi connectivity index (χ3v) is 5.39. The summed E-state index contributed by atoms with van der Waals surface area (Å²) in [6.07, 6.45) is 0.270. The first-order chi connectivity index (χ1) is 13.2. The number of carbonyl (C=O) groups excluding carboxylic acids is 4. The van der Waals surface area contributed by atoms with E-state index in [1.807, 2.05) is 24.3 Å². The highest BCUT2D eigenvalue weighted by Crippen LogP contribution is 2.31. The molecule has 1 saturated heterocycles. The minimum absolute atomic E-state index is 0.0126. The molecule has 0 aromatic heterocycles. The summed E-state index contributed by atoms with van der Waals surface area (Å²) in [6, 6.07) is 6.68. The van der Waals surface area contributed by atoms with Gasteiger partial charge in [-0.05, 0) is 37.0 Å². The van der Waals surface area contributed by atoms with Crippen molar-refractivity contribution < 1.29 is 23.9 Å². The van der Waals surface area contributed by atoms with E-state index in [4.69, 9.17) is 4.74 Å². The van der Waals surface area contributed by atoms with E-state index >= 15 is 0 Å². The zero-order valence-corrected chi connectivity index (χ0v) is 17.9. The zero-order chi connectivity index (χ0) is 20.9. The number of halogens is 1. The van der Waals surface area contributed by atoms with Crippen molar-refractivity contribution in [3.05, 3.63) is 34.3 Å². The summed E-state index contributed by atoms with van der Waals surface area (Å²) in [4.78, 5) is 50.5. The number of ketones is 1. The van der Waals surface area contributed by atoms with Gasteiger partial charge in [-0.1, -0.05) is 41.9 Å². The Hall–Kier alpha value is -2.22. The number of nitrogens with zero attached hydrogens (tertiary/aromatic N) is 1. The molecule has 0 bridgehead atoms. The van der Waals surface area contributed by atoms with Crippen LogP contribution < -0.4 is 5.32 Å². The summed E-state index contributed by atoms with van der Waals surface area (Å²) in [6.45, 7) is 5.27. The predicted molar refractivity (Wildman–Crippen MR) is 107 cm³/mol. The summed E-state index contributed by atoms with van der Waals surface area (Å²) in [5, 5.41) is 2.71. The van der Waals surface area contributed by atoms with Crippen LogP contribution in [0.2, 0.25) is 0 Å². The number of carbonyl (C=O) groups is 4. The second kappa shape index (κ2) is 9.32. The number of ether oxygens (including phenoxy) is 1. The van der Waals surface area contributed by atoms with E-state index in [-0.39, 0.29) is 44.1 Å². The van der Waals surface area contributed by atoms with E-state index < -0.39 is 23.4 Å². The molecule has 1 N–H and O–H groups in total. The Morgan fingerprint density at radius 2 is 1.86 bits per heavy atom. The Bertz CT molecular complexity index is 762. The van der Waals surface area contributed by atoms with Gasteiger partial charge in [0.2, 0.25) is 0 Å². The van der Waals surface area contributed by atoms with Gasteiger partial charge in [-0.25, -0.2) is 4.79 Å². The van der Waals surface area contributed by atoms with Gasteiger partial charge in [0.15, 0.2) is 5.78 Å². The number of amides is 3. The lowest BCUT2D eigenvalue weighted by Gasteiger charge is -2.30. The lowest BCUT2D eigenvalue weighted by atomic mass is 9.82. The van der Waals surface area contributed by atoms with E-state index in [1.165, 1.54) is 0 Å². The van der Waals surface area contributed by atoms with Crippen LogP contribution in [-0.2, 0) is 25.5 Å². The van der Waals surface area contributed by atoms with Crippen LogP contribution in [0.1, 0.15) is 39.2 Å². The van der Waals surface area contributed by atoms with Gasteiger partial charge in [0.1, 0.15) is 5.54 Å². The molecule has 0 saturated carbocycles. The van der Waals surface area contributed by atoms with Crippen molar-refractivity contribution in [2.24, 2.45) is 5.92 Å². The summed E-state index contributed by atoms with van der Waals surface area (Å²) in [5.41, 5.74) is -0.403. The smallest absolute Gasteiger partial charge is 0.325 e. The lowest BCUT2D eigenvalue weighted by molar-refractivity contribution is -0.144. The molecule has 0 aliphatic carbocycles. The molecule has 1 aliphatic rings. The van der Waals surface area contributed by atoms with E-state index in [0.29, 0.717) is 0 Å². The largest absolute Gasteiger partial charge is 0.466 e. The van der Waals surface area contributed by atoms with Gasteiger partial charge in [0.25, 0.3) is 5.91 Å². The van der Waals surface area contributed by atoms with Gasteiger partial charge in [-0.15, -0.1) is 0 Å². The summed E-state index contributed by atoms with van der Waals surface area (Å²) < 4.78 is 5.82. The zero-order valence-electron chi connectivity index (χ0n) is 16.3. The number of Topliss-reactive ketones (excluding diaryl/α,β-unsaturated/α-hetero) is 1. The van der Waals surface area contributed by atoms with Gasteiger partial charge in [0, 0.05) is 17.3 Å². The van der Waals surface area contributed by atoms with Crippen molar-refractivity contribution in [2.45, 2.75) is 45.6 Å². The van der Waals surface area contributed by atoms with E-state index in [9.17, 15) is 19.2 Å². The number of nitrogens with one attached hydrogen (secondary N) is 1. The number of hydrogen-bond donors (Lipinski definition) is 1. The van der Waals surface area contributed by atoms with E-state index in [1.54, 1.807) is 20.8 Å². The lowest BCUT2D eigenvalue weighted by Crippen LogP contribution is -2.52. The Kier molecular flexibility index (Phi) is 7.35. The van der Waals surface area contributed by atoms with Crippen molar-refractivity contribution in [3.8, 4) is 0 Å². The molecule has 1 fully saturated rings. The topological polar surface area (TPSA) is 92.8 Å². The summed E-state index contributed by atoms with van der Waals surface area (Å²) >= 11 is 3.34. The van der Waals surface area contributed by atoms with Crippen molar-refractivity contribution in [1.29, 1.82) is 0 Å². The number of hydrogen-bond acceptors (Lipinski definition) is 5. The van der Waals surface area contributed by atoms with Crippen molar-refractivity contribution in [1.82, 2.24) is 10.2 Å². The van der Waals surface area contributed by atoms with Crippen LogP contribution in [0.4, 0.5) is 4.79 Å². The van der Waals surface area contributed by atoms with Crippen molar-refractivity contribution in [3.63, 3.8) is 0 Å². The molecule has 28 heavy (non-hydrogen) atoms. The molecule has 1 aliphatic heterocycles. The predicted octanol–water partition coefficient (Wildman–Crippen LogP) is 2.85. The third-order valence-electron chi connectivity index (χ3n) is 4.87. The number of rotatable bonds is 9. The second-order valence-corrected chi connectivity index (χ2v) is 8.01. The fraction of sp³-hybridized carbons (Fsp3) is 0.500. The Morgan fingerprint density at radius 3 is 2.43 bits per heavy atom. The highest BCUT2D eigenvalue weighted by atomic mass is 79.9. The molecule has 1 aromatic rings. The van der Waals surface area contributed by atoms with Crippen LogP contribution in [0.15, 0.2) is 28.7 Å². The number of esters is 1. The van der Waals surface area contributed by atoms with Gasteiger partial charge in [-0.2, -0.15) is 0 Å². The monoisotopic (exact) mass is 452 g/mol. The first kappa shape index (κ1) is 22.1. The number of benzene rings is 1. The maximum absolute atomic E-state index is 13.0. The van der Waals surface area contributed by atoms with Crippen LogP contribution >= 0.6 is 15.9 Å². The minimum atomic E-state index is -1.21. The Labute approximate surface area is 172 Å². The van der Waals surface area contributed by atoms with Crippen LogP contribution in [-0.4, -0.2) is 47.3 Å². The number of urea groups is 1. The van der Waals surface area contributed by atoms with Crippen LogP contribution in [0.25, 0.3) is 0 Å². The molecule has 7 nitrogen and oxygen atoms in total. The molecule has 8 heteroatoms. The molecule has 0 spiro atoms. The maximum Gasteiger partial charge on any atom is 0.325 e. The molecular weight excluding hydrogens is 428 g/mol. The third kappa shape index (κ3) is 4.98. The first-order valence-electron chi connectivity index (χ1n) is 9.25. The molecular formula is C20H25BrN2O5. The summed E-state index contributed by atoms with van der Waals surface area (Å²) in [7, 11) is 0. The summed E-state index contributed by atoms with van der Waals surface area (Å²) in [5.74, 6) is -1.38. The Morgan fingerprint density at radius 1 is 1.21 bits per heavy atom. The van der Waals surface area contributed by atoms with Gasteiger partial charge in [0.05, 0.1) is 13.2 Å². The van der Waals surface area contributed by atoms with Crippen LogP contribution in [0, 0.1) is 5.92 Å². The highest BCUT2D eigenvalue weighted by molar-refractivity contribution is 9.10. The van der Waals surface area contributed by atoms with Crippen LogP contribution in [0.3, 0.4) is 0 Å². The van der Waals surface area contributed by atoms with E-state index in [2.05, 4.69) is 21.2 Å². The molecule has 2 rings (SSSR count). The van der Waals surface area contributed by atoms with Gasteiger partial charge in [-0.3, -0.25) is 19.3 Å². The van der Waals surface area contributed by atoms with Crippen molar-refractivity contribution >= 4 is 39.6 Å². The van der Waals surface area contributed by atoms with Gasteiger partial charge >= 0.3 is 12.0 Å². The average Bonchev–Trinajstić information content (AvgIpc) is 2.87. The standard InChI is InChI=1S/C20H25BrN2O5/c1-4-28-17(25)9-10-20(13(2)3)18(26)23(19(27)22-20)12-16(24)11-14-5-7-15(21)8-6-14/h5-8,13H,4,9-12H2,1-3H3,(H,22,27). The normalized spacial score (nSPS) is 19.1. The van der Waals surface area contributed by atoms with Crippen LogP contribution in [0.5, 0.6) is 0 Å².